The van der Waals surface area contributed by atoms with Gasteiger partial charge < -0.3 is 9.88 Å². The van der Waals surface area contributed by atoms with Gasteiger partial charge in [0.25, 0.3) is 5.91 Å². The SMILES string of the molecule is CN=C1NC(=O)/C(=C\c2cc(C)n(-c3ccccc3F)c2C)S1. The number of aromatic nitrogens is 1. The zero-order valence-electron chi connectivity index (χ0n) is 13.1. The molecule has 1 fully saturated rings. The Bertz CT molecular complexity index is 852. The minimum absolute atomic E-state index is 0.161. The summed E-state index contributed by atoms with van der Waals surface area (Å²) < 4.78 is 15.9. The number of amides is 1. The summed E-state index contributed by atoms with van der Waals surface area (Å²) in [5.74, 6) is -0.437. The summed E-state index contributed by atoms with van der Waals surface area (Å²) in [5.41, 5.74) is 3.19. The van der Waals surface area contributed by atoms with E-state index in [-0.39, 0.29) is 11.7 Å². The van der Waals surface area contributed by atoms with Gasteiger partial charge >= 0.3 is 0 Å². The van der Waals surface area contributed by atoms with E-state index < -0.39 is 0 Å². The van der Waals surface area contributed by atoms with Crippen LogP contribution in [0.3, 0.4) is 0 Å². The van der Waals surface area contributed by atoms with Gasteiger partial charge in [0.1, 0.15) is 5.82 Å². The van der Waals surface area contributed by atoms with Gasteiger partial charge in [0.2, 0.25) is 0 Å². The Balaban J connectivity index is 2.06. The molecule has 0 radical (unpaired) electrons. The lowest BCUT2D eigenvalue weighted by atomic mass is 10.2. The molecule has 0 unspecified atom stereocenters. The van der Waals surface area contributed by atoms with Crippen LogP contribution in [0.15, 0.2) is 40.2 Å². The first-order chi connectivity index (χ1) is 11.0. The van der Waals surface area contributed by atoms with Crippen LogP contribution in [0.4, 0.5) is 4.39 Å². The number of aryl methyl sites for hydroxylation is 1. The van der Waals surface area contributed by atoms with Crippen molar-refractivity contribution in [1.29, 1.82) is 0 Å². The average molecular weight is 329 g/mol. The van der Waals surface area contributed by atoms with Gasteiger partial charge in [-0.2, -0.15) is 0 Å². The highest BCUT2D eigenvalue weighted by Crippen LogP contribution is 2.29. The van der Waals surface area contributed by atoms with E-state index in [0.29, 0.717) is 15.8 Å². The number of hydrogen-bond acceptors (Lipinski definition) is 3. The number of carbonyl (C=O) groups is 1. The van der Waals surface area contributed by atoms with Crippen LogP contribution in [0.5, 0.6) is 0 Å². The largest absolute Gasteiger partial charge is 0.315 e. The molecule has 3 rings (SSSR count). The molecule has 0 bridgehead atoms. The minimum Gasteiger partial charge on any atom is -0.315 e. The Labute approximate surface area is 138 Å². The van der Waals surface area contributed by atoms with E-state index in [1.807, 2.05) is 30.6 Å². The fraction of sp³-hybridized carbons (Fsp3) is 0.176. The third-order valence-corrected chi connectivity index (χ3v) is 4.71. The molecule has 1 aliphatic heterocycles. The molecule has 1 aromatic heterocycles. The minimum atomic E-state index is -0.276. The van der Waals surface area contributed by atoms with Crippen molar-refractivity contribution in [3.63, 3.8) is 0 Å². The highest BCUT2D eigenvalue weighted by atomic mass is 32.2. The predicted molar refractivity (Wildman–Crippen MR) is 92.3 cm³/mol. The lowest BCUT2D eigenvalue weighted by Crippen LogP contribution is -2.19. The van der Waals surface area contributed by atoms with Crippen LogP contribution in [-0.2, 0) is 4.79 Å². The second-order valence-electron chi connectivity index (χ2n) is 5.21. The van der Waals surface area contributed by atoms with Crippen LogP contribution in [0.2, 0.25) is 0 Å². The highest BCUT2D eigenvalue weighted by molar-refractivity contribution is 8.18. The molecule has 1 saturated heterocycles. The van der Waals surface area contributed by atoms with Crippen molar-refractivity contribution in [2.24, 2.45) is 4.99 Å². The predicted octanol–water partition coefficient (Wildman–Crippen LogP) is 3.42. The summed E-state index contributed by atoms with van der Waals surface area (Å²) in [4.78, 5) is 16.5. The van der Waals surface area contributed by atoms with Gasteiger partial charge in [0.15, 0.2) is 5.17 Å². The summed E-state index contributed by atoms with van der Waals surface area (Å²) >= 11 is 1.30. The second kappa shape index (κ2) is 6.04. The quantitative estimate of drug-likeness (QED) is 0.858. The van der Waals surface area contributed by atoms with Crippen molar-refractivity contribution in [2.45, 2.75) is 13.8 Å². The number of hydrogen-bond donors (Lipinski definition) is 1. The van der Waals surface area contributed by atoms with Crippen LogP contribution in [0.25, 0.3) is 11.8 Å². The van der Waals surface area contributed by atoms with Gasteiger partial charge in [-0.3, -0.25) is 9.79 Å². The Morgan fingerprint density at radius 1 is 1.30 bits per heavy atom. The average Bonchev–Trinajstić information content (AvgIpc) is 3.01. The summed E-state index contributed by atoms with van der Waals surface area (Å²) in [6.07, 6.45) is 1.82. The van der Waals surface area contributed by atoms with Gasteiger partial charge in [-0.05, 0) is 55.4 Å². The standard InChI is InChI=1S/C17H16FN3OS/c1-10-8-12(9-15-16(22)20-17(19-3)23-15)11(2)21(10)14-7-5-4-6-13(14)18/h4-9H,1-3H3,(H,19,20,22)/b15-9+. The normalized spacial score (nSPS) is 18.0. The first-order valence-corrected chi connectivity index (χ1v) is 7.94. The molecule has 1 aliphatic rings. The number of nitrogens with one attached hydrogen (secondary N) is 1. The summed E-state index contributed by atoms with van der Waals surface area (Å²) in [7, 11) is 1.63. The van der Waals surface area contributed by atoms with E-state index in [1.165, 1.54) is 17.8 Å². The lowest BCUT2D eigenvalue weighted by Gasteiger charge is -2.10. The fourth-order valence-electron chi connectivity index (χ4n) is 2.61. The van der Waals surface area contributed by atoms with E-state index >= 15 is 0 Å². The number of halogens is 1. The highest BCUT2D eigenvalue weighted by Gasteiger charge is 2.24. The summed E-state index contributed by atoms with van der Waals surface area (Å²) in [5, 5.41) is 3.28. The molecule has 4 nitrogen and oxygen atoms in total. The first-order valence-electron chi connectivity index (χ1n) is 7.13. The van der Waals surface area contributed by atoms with Crippen molar-refractivity contribution in [3.05, 3.63) is 58.0 Å². The number of thioether (sulfide) groups is 1. The van der Waals surface area contributed by atoms with E-state index in [4.69, 9.17) is 0 Å². The maximum Gasteiger partial charge on any atom is 0.264 e. The van der Waals surface area contributed by atoms with Crippen LogP contribution in [0, 0.1) is 19.7 Å². The van der Waals surface area contributed by atoms with Crippen molar-refractivity contribution in [3.8, 4) is 5.69 Å². The number of amidine groups is 1. The van der Waals surface area contributed by atoms with Gasteiger partial charge in [0.05, 0.1) is 10.6 Å². The molecule has 0 atom stereocenters. The monoisotopic (exact) mass is 329 g/mol. The molecular weight excluding hydrogens is 313 g/mol. The number of para-hydroxylation sites is 1. The van der Waals surface area contributed by atoms with Crippen LogP contribution in [0.1, 0.15) is 17.0 Å². The Hall–Kier alpha value is -2.34. The van der Waals surface area contributed by atoms with Crippen LogP contribution >= 0.6 is 11.8 Å². The first kappa shape index (κ1) is 15.6. The lowest BCUT2D eigenvalue weighted by molar-refractivity contribution is -0.115. The van der Waals surface area contributed by atoms with Gasteiger partial charge in [-0.15, -0.1) is 0 Å². The van der Waals surface area contributed by atoms with Crippen LogP contribution < -0.4 is 5.32 Å². The Kier molecular flexibility index (Phi) is 4.09. The third-order valence-electron chi connectivity index (χ3n) is 3.70. The van der Waals surface area contributed by atoms with Gasteiger partial charge in [0, 0.05) is 18.4 Å². The molecule has 2 aromatic rings. The van der Waals surface area contributed by atoms with E-state index in [9.17, 15) is 9.18 Å². The number of rotatable bonds is 2. The number of aliphatic imine (C=N–C) groups is 1. The maximum atomic E-state index is 14.1. The van der Waals surface area contributed by atoms with Crippen LogP contribution in [-0.4, -0.2) is 22.7 Å². The molecular formula is C17H16FN3OS. The molecule has 23 heavy (non-hydrogen) atoms. The molecule has 118 valence electrons. The molecule has 0 aliphatic carbocycles. The Morgan fingerprint density at radius 2 is 2.04 bits per heavy atom. The number of nitrogens with zero attached hydrogens (tertiary/aromatic N) is 2. The molecule has 0 spiro atoms. The van der Waals surface area contributed by atoms with Crippen molar-refractivity contribution in [2.75, 3.05) is 7.05 Å². The number of carbonyl (C=O) groups excluding carboxylic acids is 1. The van der Waals surface area contributed by atoms with Gasteiger partial charge in [-0.25, -0.2) is 4.39 Å². The molecule has 2 heterocycles. The molecule has 0 saturated carbocycles. The van der Waals surface area contributed by atoms with E-state index in [0.717, 1.165) is 17.0 Å². The molecule has 6 heteroatoms. The van der Waals surface area contributed by atoms with E-state index in [1.54, 1.807) is 25.2 Å². The maximum absolute atomic E-state index is 14.1. The third kappa shape index (κ3) is 2.82. The zero-order valence-corrected chi connectivity index (χ0v) is 13.9. The van der Waals surface area contributed by atoms with Crippen molar-refractivity contribution < 1.29 is 9.18 Å². The van der Waals surface area contributed by atoms with Crippen molar-refractivity contribution >= 4 is 28.9 Å². The van der Waals surface area contributed by atoms with E-state index in [2.05, 4.69) is 10.3 Å². The summed E-state index contributed by atoms with van der Waals surface area (Å²) in [6, 6.07) is 8.60. The topological polar surface area (TPSA) is 46.4 Å². The molecule has 1 N–H and O–H groups in total. The summed E-state index contributed by atoms with van der Waals surface area (Å²) in [6.45, 7) is 3.83. The fourth-order valence-corrected chi connectivity index (χ4v) is 3.38. The molecule has 1 amide bonds. The van der Waals surface area contributed by atoms with Crippen molar-refractivity contribution in [1.82, 2.24) is 9.88 Å². The molecule has 1 aromatic carbocycles. The number of benzene rings is 1. The smallest absolute Gasteiger partial charge is 0.264 e. The second-order valence-corrected chi connectivity index (χ2v) is 6.24. The van der Waals surface area contributed by atoms with Gasteiger partial charge in [-0.1, -0.05) is 12.1 Å². The zero-order chi connectivity index (χ0) is 16.6. The Morgan fingerprint density at radius 3 is 2.70 bits per heavy atom.